The molecule has 6 nitrogen and oxygen atoms in total. The Hall–Kier alpha value is -2.44. The number of aliphatic hydroxyl groups is 1. The van der Waals surface area contributed by atoms with Crippen molar-refractivity contribution in [2.45, 2.75) is 24.5 Å². The van der Waals surface area contributed by atoms with Crippen molar-refractivity contribution in [3.05, 3.63) is 59.0 Å². The number of amides is 1. The number of carbonyl (C=O) groups is 1. The van der Waals surface area contributed by atoms with Crippen molar-refractivity contribution in [3.63, 3.8) is 0 Å². The number of carbonyl (C=O) groups excluding carboxylic acids is 1. The third-order valence-corrected chi connectivity index (χ3v) is 5.96. The van der Waals surface area contributed by atoms with E-state index in [0.717, 1.165) is 16.5 Å². The van der Waals surface area contributed by atoms with Crippen LogP contribution < -0.4 is 5.32 Å². The number of aromatic amines is 1. The summed E-state index contributed by atoms with van der Waals surface area (Å²) in [6.45, 7) is 0. The van der Waals surface area contributed by atoms with Crippen LogP contribution in [-0.2, 0) is 5.60 Å². The zero-order valence-electron chi connectivity index (χ0n) is 13.8. The van der Waals surface area contributed by atoms with E-state index < -0.39 is 5.60 Å². The van der Waals surface area contributed by atoms with Gasteiger partial charge in [-0.15, -0.1) is 0 Å². The second-order valence-electron chi connectivity index (χ2n) is 7.29. The molecule has 0 aliphatic heterocycles. The summed E-state index contributed by atoms with van der Waals surface area (Å²) in [4.78, 5) is 16.2. The standard InChI is InChI=1S/C19H17ClN4O2/c20-11-5-15(14-9-22-24-16(14)6-11)19(26)7-12-13(8-19)17(12)23-18(25)10-1-3-21-4-2-10/h1-6,9,12-13,17,26H,7-8H2,(H,22,24)(H,23,25)/t12-,13+,17-,19+. The SMILES string of the molecule is O=C(N[C@@H]1[C@@H]2C[C@@](O)(c3cc(Cl)cc4[nH]ncc34)C[C@@H]21)c1ccncc1. The molecular formula is C19H17ClN4O2. The minimum absolute atomic E-state index is 0.0877. The van der Waals surface area contributed by atoms with Crippen molar-refractivity contribution in [2.75, 3.05) is 0 Å². The highest BCUT2D eigenvalue weighted by atomic mass is 35.5. The quantitative estimate of drug-likeness (QED) is 0.662. The lowest BCUT2D eigenvalue weighted by Gasteiger charge is -2.27. The van der Waals surface area contributed by atoms with Crippen LogP contribution in [0.15, 0.2) is 42.9 Å². The highest BCUT2D eigenvalue weighted by Crippen LogP contribution is 2.60. The normalized spacial score (nSPS) is 29.5. The summed E-state index contributed by atoms with van der Waals surface area (Å²) in [5.41, 5.74) is 1.32. The summed E-state index contributed by atoms with van der Waals surface area (Å²) < 4.78 is 0. The molecule has 2 aromatic heterocycles. The van der Waals surface area contributed by atoms with Gasteiger partial charge in [0.2, 0.25) is 0 Å². The molecule has 2 fully saturated rings. The van der Waals surface area contributed by atoms with Crippen molar-refractivity contribution in [2.24, 2.45) is 11.8 Å². The van der Waals surface area contributed by atoms with Crippen LogP contribution in [0.2, 0.25) is 5.02 Å². The van der Waals surface area contributed by atoms with Gasteiger partial charge in [-0.2, -0.15) is 5.10 Å². The number of pyridine rings is 1. The van der Waals surface area contributed by atoms with Gasteiger partial charge in [-0.3, -0.25) is 14.9 Å². The number of nitrogens with zero attached hydrogens (tertiary/aromatic N) is 2. The largest absolute Gasteiger partial charge is 0.385 e. The van der Waals surface area contributed by atoms with Gasteiger partial charge in [-0.05, 0) is 54.5 Å². The van der Waals surface area contributed by atoms with E-state index in [0.29, 0.717) is 23.4 Å². The molecule has 2 heterocycles. The molecule has 132 valence electrons. The van der Waals surface area contributed by atoms with E-state index in [1.165, 1.54) is 0 Å². The summed E-state index contributed by atoms with van der Waals surface area (Å²) in [6.07, 6.45) is 6.16. The van der Waals surface area contributed by atoms with Crippen molar-refractivity contribution in [1.82, 2.24) is 20.5 Å². The number of halogens is 1. The molecule has 0 unspecified atom stereocenters. The molecule has 0 saturated heterocycles. The van der Waals surface area contributed by atoms with E-state index in [-0.39, 0.29) is 23.8 Å². The molecule has 26 heavy (non-hydrogen) atoms. The average molecular weight is 369 g/mol. The van der Waals surface area contributed by atoms with Gasteiger partial charge in [0.05, 0.1) is 17.3 Å². The lowest BCUT2D eigenvalue weighted by atomic mass is 9.86. The van der Waals surface area contributed by atoms with Crippen LogP contribution in [0.5, 0.6) is 0 Å². The third-order valence-electron chi connectivity index (χ3n) is 5.74. The van der Waals surface area contributed by atoms with Crippen molar-refractivity contribution >= 4 is 28.4 Å². The summed E-state index contributed by atoms with van der Waals surface area (Å²) in [6, 6.07) is 7.16. The lowest BCUT2D eigenvalue weighted by molar-refractivity contribution is 0.0293. The van der Waals surface area contributed by atoms with Crippen LogP contribution >= 0.6 is 11.6 Å². The third kappa shape index (κ3) is 2.40. The molecular weight excluding hydrogens is 352 g/mol. The molecule has 0 spiro atoms. The zero-order chi connectivity index (χ0) is 17.9. The predicted octanol–water partition coefficient (Wildman–Crippen LogP) is 2.64. The molecule has 2 aliphatic carbocycles. The van der Waals surface area contributed by atoms with Gasteiger partial charge in [-0.25, -0.2) is 0 Å². The Bertz CT molecular complexity index is 991. The van der Waals surface area contributed by atoms with Crippen LogP contribution in [0.1, 0.15) is 28.8 Å². The van der Waals surface area contributed by atoms with Crippen LogP contribution in [0.4, 0.5) is 0 Å². The molecule has 3 N–H and O–H groups in total. The Morgan fingerprint density at radius 1 is 1.27 bits per heavy atom. The van der Waals surface area contributed by atoms with Crippen LogP contribution in [0.25, 0.3) is 10.9 Å². The fourth-order valence-electron chi connectivity index (χ4n) is 4.44. The van der Waals surface area contributed by atoms with E-state index in [9.17, 15) is 9.90 Å². The van der Waals surface area contributed by atoms with Gasteiger partial charge >= 0.3 is 0 Å². The van der Waals surface area contributed by atoms with Gasteiger partial charge in [0.1, 0.15) is 0 Å². The minimum atomic E-state index is -0.930. The molecule has 7 heteroatoms. The molecule has 1 aromatic carbocycles. The maximum Gasteiger partial charge on any atom is 0.251 e. The first-order chi connectivity index (χ1) is 12.5. The smallest absolute Gasteiger partial charge is 0.251 e. The zero-order valence-corrected chi connectivity index (χ0v) is 14.6. The van der Waals surface area contributed by atoms with E-state index >= 15 is 0 Å². The monoisotopic (exact) mass is 368 g/mol. The fourth-order valence-corrected chi connectivity index (χ4v) is 4.66. The van der Waals surface area contributed by atoms with Crippen molar-refractivity contribution < 1.29 is 9.90 Å². The Morgan fingerprint density at radius 2 is 2.00 bits per heavy atom. The Kier molecular flexibility index (Phi) is 3.36. The number of nitrogens with one attached hydrogen (secondary N) is 2. The Balaban J connectivity index is 1.34. The van der Waals surface area contributed by atoms with E-state index in [1.54, 1.807) is 30.7 Å². The minimum Gasteiger partial charge on any atom is -0.385 e. The molecule has 3 aromatic rings. The van der Waals surface area contributed by atoms with Gasteiger partial charge < -0.3 is 10.4 Å². The summed E-state index contributed by atoms with van der Waals surface area (Å²) in [5.74, 6) is 0.480. The summed E-state index contributed by atoms with van der Waals surface area (Å²) >= 11 is 6.21. The molecule has 0 bridgehead atoms. The molecule has 4 atom stereocenters. The van der Waals surface area contributed by atoms with Gasteiger partial charge in [0.15, 0.2) is 0 Å². The first kappa shape index (κ1) is 15.8. The first-order valence-corrected chi connectivity index (χ1v) is 8.99. The predicted molar refractivity (Wildman–Crippen MR) is 96.7 cm³/mol. The average Bonchev–Trinajstić information content (AvgIpc) is 3.01. The molecule has 0 radical (unpaired) electrons. The number of benzene rings is 1. The highest BCUT2D eigenvalue weighted by molar-refractivity contribution is 6.31. The van der Waals surface area contributed by atoms with Crippen LogP contribution in [0, 0.1) is 11.8 Å². The maximum atomic E-state index is 12.3. The first-order valence-electron chi connectivity index (χ1n) is 8.61. The molecule has 2 saturated carbocycles. The molecule has 1 amide bonds. The van der Waals surface area contributed by atoms with Gasteiger partial charge in [-0.1, -0.05) is 11.6 Å². The lowest BCUT2D eigenvalue weighted by Crippen LogP contribution is -2.33. The summed E-state index contributed by atoms with van der Waals surface area (Å²) in [7, 11) is 0. The number of hydrogen-bond donors (Lipinski definition) is 3. The van der Waals surface area contributed by atoms with Crippen LogP contribution in [-0.4, -0.2) is 32.2 Å². The topological polar surface area (TPSA) is 90.9 Å². The molecule has 2 aliphatic rings. The second-order valence-corrected chi connectivity index (χ2v) is 7.72. The number of H-pyrrole nitrogens is 1. The number of aromatic nitrogens is 3. The fraction of sp³-hybridized carbons (Fsp3) is 0.316. The van der Waals surface area contributed by atoms with Crippen LogP contribution in [0.3, 0.4) is 0 Å². The molecule has 5 rings (SSSR count). The number of hydrogen-bond acceptors (Lipinski definition) is 4. The van der Waals surface area contributed by atoms with Crippen molar-refractivity contribution in [1.29, 1.82) is 0 Å². The van der Waals surface area contributed by atoms with Crippen molar-refractivity contribution in [3.8, 4) is 0 Å². The van der Waals surface area contributed by atoms with E-state index in [1.807, 2.05) is 12.1 Å². The van der Waals surface area contributed by atoms with E-state index in [2.05, 4.69) is 20.5 Å². The van der Waals surface area contributed by atoms with E-state index in [4.69, 9.17) is 11.6 Å². The summed E-state index contributed by atoms with van der Waals surface area (Å²) in [5, 5.41) is 22.8. The van der Waals surface area contributed by atoms with Gasteiger partial charge in [0.25, 0.3) is 5.91 Å². The Labute approximate surface area is 154 Å². The maximum absolute atomic E-state index is 12.3. The second kappa shape index (κ2) is 5.53. The van der Waals surface area contributed by atoms with Gasteiger partial charge in [0, 0.05) is 34.4 Å². The Morgan fingerprint density at radius 3 is 2.73 bits per heavy atom. The highest BCUT2D eigenvalue weighted by Gasteiger charge is 2.62. The number of fused-ring (bicyclic) bond motifs is 2. The number of rotatable bonds is 3.